The van der Waals surface area contributed by atoms with Crippen molar-refractivity contribution < 1.29 is 22.2 Å². The highest BCUT2D eigenvalue weighted by Gasteiger charge is 2.18. The van der Waals surface area contributed by atoms with Gasteiger partial charge in [0.1, 0.15) is 12.4 Å². The van der Waals surface area contributed by atoms with Gasteiger partial charge in [-0.15, -0.1) is 0 Å². The van der Waals surface area contributed by atoms with E-state index in [9.17, 15) is 12.8 Å². The fraction of sp³-hybridized carbons (Fsp3) is 0.308. The molecule has 0 atom stereocenters. The number of nitrogens with zero attached hydrogens (tertiary/aromatic N) is 3. The summed E-state index contributed by atoms with van der Waals surface area (Å²) in [5, 5.41) is 17.6. The normalized spacial score (nSPS) is 11.6. The molecule has 0 aliphatic rings. The van der Waals surface area contributed by atoms with Gasteiger partial charge < -0.3 is 10.1 Å². The molecule has 0 spiro atoms. The van der Waals surface area contributed by atoms with Crippen LogP contribution in [0.3, 0.4) is 0 Å². The molecule has 1 aromatic carbocycles. The first-order valence-electron chi connectivity index (χ1n) is 7.14. The largest absolute Gasteiger partial charge is 0.472 e. The summed E-state index contributed by atoms with van der Waals surface area (Å²) in [5.41, 5.74) is 0.315. The first-order valence-corrected chi connectivity index (χ1v) is 8.96. The molecule has 26 heavy (non-hydrogen) atoms. The van der Waals surface area contributed by atoms with Crippen LogP contribution >= 0.6 is 11.6 Å². The highest BCUT2D eigenvalue weighted by molar-refractivity contribution is 7.87. The maximum atomic E-state index is 13.2. The highest BCUT2D eigenvalue weighted by atomic mass is 35.5. The van der Waals surface area contributed by atoms with Crippen molar-refractivity contribution in [3.05, 3.63) is 34.7 Å². The zero-order valence-corrected chi connectivity index (χ0v) is 15.4. The summed E-state index contributed by atoms with van der Waals surface area (Å²) in [7, 11) is -0.795. The van der Waals surface area contributed by atoms with Crippen molar-refractivity contribution in [1.29, 1.82) is 5.41 Å². The van der Waals surface area contributed by atoms with E-state index in [1.54, 1.807) is 0 Å². The Morgan fingerprint density at radius 1 is 1.42 bits per heavy atom. The third kappa shape index (κ3) is 5.11. The Morgan fingerprint density at radius 3 is 2.81 bits per heavy atom. The van der Waals surface area contributed by atoms with Crippen molar-refractivity contribution in [2.24, 2.45) is 0 Å². The van der Waals surface area contributed by atoms with E-state index >= 15 is 0 Å². The second-order valence-electron chi connectivity index (χ2n) is 5.08. The molecule has 142 valence electrons. The molecular weight excluding hydrogens is 391 g/mol. The van der Waals surface area contributed by atoms with E-state index in [0.29, 0.717) is 5.69 Å². The van der Waals surface area contributed by atoms with E-state index in [-0.39, 0.29) is 35.6 Å². The molecule has 13 heteroatoms. The highest BCUT2D eigenvalue weighted by Crippen LogP contribution is 2.21. The summed E-state index contributed by atoms with van der Waals surface area (Å²) in [6.45, 7) is -0.0922. The fourth-order valence-corrected chi connectivity index (χ4v) is 2.43. The van der Waals surface area contributed by atoms with E-state index in [1.165, 1.54) is 26.2 Å². The van der Waals surface area contributed by atoms with Crippen LogP contribution in [-0.2, 0) is 10.2 Å². The second kappa shape index (κ2) is 8.40. The van der Waals surface area contributed by atoms with Crippen LogP contribution in [0.4, 0.5) is 10.1 Å². The van der Waals surface area contributed by atoms with Gasteiger partial charge in [0, 0.05) is 26.3 Å². The van der Waals surface area contributed by atoms with Gasteiger partial charge in [0.25, 0.3) is 16.1 Å². The predicted molar refractivity (Wildman–Crippen MR) is 92.3 cm³/mol. The minimum atomic E-state index is -3.57. The predicted octanol–water partition coefficient (Wildman–Crippen LogP) is 1.07. The molecule has 1 aromatic heterocycles. The van der Waals surface area contributed by atoms with Gasteiger partial charge in [-0.1, -0.05) is 11.6 Å². The molecule has 0 amide bonds. The minimum Gasteiger partial charge on any atom is -0.472 e. The number of amidine groups is 1. The van der Waals surface area contributed by atoms with E-state index in [1.807, 2.05) is 0 Å². The molecule has 10 nitrogen and oxygen atoms in total. The second-order valence-corrected chi connectivity index (χ2v) is 7.45. The summed E-state index contributed by atoms with van der Waals surface area (Å²) in [6, 6.07) is 3.84. The molecule has 0 saturated heterocycles. The number of nitrogens with one attached hydrogen (secondary N) is 3. The van der Waals surface area contributed by atoms with Gasteiger partial charge >= 0.3 is 0 Å². The van der Waals surface area contributed by atoms with Crippen molar-refractivity contribution in [3.8, 4) is 5.88 Å². The molecule has 0 unspecified atom stereocenters. The van der Waals surface area contributed by atoms with Gasteiger partial charge in [-0.3, -0.25) is 5.41 Å². The maximum Gasteiger partial charge on any atom is 0.287 e. The lowest BCUT2D eigenvalue weighted by atomic mass is 10.3. The van der Waals surface area contributed by atoms with Gasteiger partial charge in [0.15, 0.2) is 5.84 Å². The molecule has 0 saturated carbocycles. The zero-order valence-electron chi connectivity index (χ0n) is 13.8. The number of rotatable bonds is 8. The SMILES string of the molecule is CN(C)S(=O)(=O)NCCOc1nonc1C(=N)Nc1ccc(F)c(Cl)c1. The molecule has 0 aliphatic heterocycles. The Morgan fingerprint density at radius 2 is 2.15 bits per heavy atom. The van der Waals surface area contributed by atoms with E-state index in [0.717, 1.165) is 10.4 Å². The Kier molecular flexibility index (Phi) is 6.47. The van der Waals surface area contributed by atoms with Gasteiger partial charge in [-0.25, -0.2) is 9.02 Å². The average Bonchev–Trinajstić information content (AvgIpc) is 3.03. The van der Waals surface area contributed by atoms with Gasteiger partial charge in [-0.2, -0.15) is 17.4 Å². The van der Waals surface area contributed by atoms with Crippen LogP contribution in [0.15, 0.2) is 22.8 Å². The number of ether oxygens (including phenoxy) is 1. The summed E-state index contributed by atoms with van der Waals surface area (Å²) >= 11 is 5.68. The van der Waals surface area contributed by atoms with Crippen molar-refractivity contribution in [3.63, 3.8) is 0 Å². The Bertz CT molecular complexity index is 889. The van der Waals surface area contributed by atoms with E-state index < -0.39 is 16.0 Å². The summed E-state index contributed by atoms with van der Waals surface area (Å²) in [6.07, 6.45) is 0. The standard InChI is InChI=1S/C13H16ClFN6O4S/c1-21(2)26(22,23)17-5-6-24-13-11(19-25-20-13)12(16)18-8-3-4-10(15)9(14)7-8/h3-4,7,17H,5-6H2,1-2H3,(H2,16,18). The molecule has 1 heterocycles. The van der Waals surface area contributed by atoms with Gasteiger partial charge in [-0.05, 0) is 28.5 Å². The summed E-state index contributed by atoms with van der Waals surface area (Å²) in [4.78, 5) is 0. The van der Waals surface area contributed by atoms with Crippen LogP contribution in [0.2, 0.25) is 5.02 Å². The van der Waals surface area contributed by atoms with Crippen LogP contribution in [0, 0.1) is 11.2 Å². The average molecular weight is 407 g/mol. The van der Waals surface area contributed by atoms with Crippen molar-refractivity contribution in [2.45, 2.75) is 0 Å². The molecule has 0 radical (unpaired) electrons. The quantitative estimate of drug-likeness (QED) is 0.339. The zero-order chi connectivity index (χ0) is 19.3. The Hall–Kier alpha value is -2.28. The van der Waals surface area contributed by atoms with Crippen molar-refractivity contribution in [2.75, 3.05) is 32.6 Å². The number of halogens is 2. The molecule has 0 bridgehead atoms. The van der Waals surface area contributed by atoms with Crippen LogP contribution < -0.4 is 14.8 Å². The molecule has 2 aromatic rings. The molecule has 0 aliphatic carbocycles. The lowest BCUT2D eigenvalue weighted by molar-refractivity contribution is 0.257. The summed E-state index contributed by atoms with van der Waals surface area (Å²) in [5.74, 6) is -0.909. The van der Waals surface area contributed by atoms with E-state index in [2.05, 4.69) is 25.0 Å². The first kappa shape index (κ1) is 20.0. The molecule has 2 rings (SSSR count). The number of anilines is 1. The first-order chi connectivity index (χ1) is 12.2. The monoisotopic (exact) mass is 406 g/mol. The Balaban J connectivity index is 1.94. The number of hydrogen-bond donors (Lipinski definition) is 3. The lowest BCUT2D eigenvalue weighted by Crippen LogP contribution is -2.37. The van der Waals surface area contributed by atoms with Crippen molar-refractivity contribution in [1.82, 2.24) is 19.3 Å². The number of hydrogen-bond acceptors (Lipinski definition) is 7. The minimum absolute atomic E-state index is 0.0266. The van der Waals surface area contributed by atoms with Gasteiger partial charge in [0.05, 0.1) is 5.02 Å². The van der Waals surface area contributed by atoms with Crippen molar-refractivity contribution >= 4 is 33.3 Å². The fourth-order valence-electron chi connectivity index (χ4n) is 1.65. The third-order valence-corrected chi connectivity index (χ3v) is 4.81. The van der Waals surface area contributed by atoms with Crippen LogP contribution in [-0.4, -0.2) is 56.1 Å². The van der Waals surface area contributed by atoms with E-state index in [4.69, 9.17) is 21.7 Å². The smallest absolute Gasteiger partial charge is 0.287 e. The van der Waals surface area contributed by atoms with Crippen LogP contribution in [0.25, 0.3) is 0 Å². The van der Waals surface area contributed by atoms with Crippen LogP contribution in [0.1, 0.15) is 5.69 Å². The van der Waals surface area contributed by atoms with Gasteiger partial charge in [0.2, 0.25) is 5.69 Å². The van der Waals surface area contributed by atoms with Crippen LogP contribution in [0.5, 0.6) is 5.88 Å². The topological polar surface area (TPSA) is 133 Å². The number of aromatic nitrogens is 2. The molecule has 0 fully saturated rings. The lowest BCUT2D eigenvalue weighted by Gasteiger charge is -2.12. The molecular formula is C13H16ClFN6O4S. The number of benzene rings is 1. The molecule has 3 N–H and O–H groups in total. The Labute approximate surface area is 153 Å². The summed E-state index contributed by atoms with van der Waals surface area (Å²) < 4.78 is 49.4. The third-order valence-electron chi connectivity index (χ3n) is 2.99. The maximum absolute atomic E-state index is 13.2.